The number of esters is 1. The van der Waals surface area contributed by atoms with Gasteiger partial charge in [-0.3, -0.25) is 4.79 Å². The number of ether oxygens (including phenoxy) is 1. The predicted molar refractivity (Wildman–Crippen MR) is 121 cm³/mol. The Morgan fingerprint density at radius 1 is 0.742 bits per heavy atom. The third-order valence-corrected chi connectivity index (χ3v) is 11.5. The molecule has 2 saturated heterocycles. The molecule has 0 aromatic heterocycles. The van der Waals surface area contributed by atoms with E-state index in [2.05, 4.69) is 0 Å². The predicted octanol–water partition coefficient (Wildman–Crippen LogP) is 6.56. The number of hydrogen-bond donors (Lipinski definition) is 1. The zero-order valence-corrected chi connectivity index (χ0v) is 19.7. The Kier molecular flexibility index (Phi) is 4.88. The van der Waals surface area contributed by atoms with Gasteiger partial charge in [0.15, 0.2) is 0 Å². The second-order valence-corrected chi connectivity index (χ2v) is 13.3. The van der Waals surface area contributed by atoms with E-state index in [1.807, 2.05) is 0 Å². The molecule has 8 aliphatic carbocycles. The molecular formula is C28H44O3. The van der Waals surface area contributed by atoms with Crippen molar-refractivity contribution in [2.24, 2.45) is 33.0 Å². The molecule has 3 nitrogen and oxygen atoms in total. The van der Waals surface area contributed by atoms with E-state index < -0.39 is 0 Å². The number of aliphatic hydroxyl groups is 1. The first kappa shape index (κ1) is 21.0. The SMILES string of the molecule is O=C1OCC23CC1(C2)C1(C3)CC23CC(CCCCCCCCCCCCCO)C1(C2)C3. The summed E-state index contributed by atoms with van der Waals surface area (Å²) in [7, 11) is 0. The summed E-state index contributed by atoms with van der Waals surface area (Å²) in [4.78, 5) is 13.0. The van der Waals surface area contributed by atoms with Crippen molar-refractivity contribution in [1.29, 1.82) is 0 Å². The van der Waals surface area contributed by atoms with E-state index in [4.69, 9.17) is 9.84 Å². The molecule has 10 rings (SSSR count). The molecule has 10 aliphatic rings. The molecule has 10 fully saturated rings. The van der Waals surface area contributed by atoms with Gasteiger partial charge in [-0.2, -0.15) is 0 Å². The van der Waals surface area contributed by atoms with Crippen LogP contribution in [0, 0.1) is 33.0 Å². The standard InChI is InChI=1S/C28H44O3/c29-13-11-9-7-5-3-1-2-4-6-8-10-12-22-14-24-15-26(22,16-24)28(19-24)20-25-17-27(28,18-25)23(30)31-21-25/h22,29H,1-21H2. The summed E-state index contributed by atoms with van der Waals surface area (Å²) in [6.45, 7) is 1.10. The van der Waals surface area contributed by atoms with Crippen molar-refractivity contribution in [3.8, 4) is 0 Å². The highest BCUT2D eigenvalue weighted by Crippen LogP contribution is 2.97. The van der Waals surface area contributed by atoms with Gasteiger partial charge in [0.05, 0.1) is 12.0 Å². The lowest BCUT2D eigenvalue weighted by molar-refractivity contribution is -0.203. The first-order chi connectivity index (χ1) is 15.0. The van der Waals surface area contributed by atoms with Crippen molar-refractivity contribution in [3.05, 3.63) is 0 Å². The van der Waals surface area contributed by atoms with Crippen molar-refractivity contribution in [2.75, 3.05) is 13.2 Å². The molecule has 174 valence electrons. The molecule has 2 heterocycles. The summed E-state index contributed by atoms with van der Waals surface area (Å²) in [5, 5.41) is 8.82. The van der Waals surface area contributed by atoms with E-state index in [1.54, 1.807) is 0 Å². The van der Waals surface area contributed by atoms with Crippen LogP contribution in [0.2, 0.25) is 0 Å². The summed E-state index contributed by atoms with van der Waals surface area (Å²) in [5.74, 6) is 1.13. The first-order valence-electron chi connectivity index (χ1n) is 13.8. The Balaban J connectivity index is 0.942. The van der Waals surface area contributed by atoms with Crippen LogP contribution in [-0.2, 0) is 9.53 Å². The maximum atomic E-state index is 13.0. The number of carbonyl (C=O) groups excluding carboxylic acids is 1. The van der Waals surface area contributed by atoms with Gasteiger partial charge < -0.3 is 9.84 Å². The minimum absolute atomic E-state index is 0.0414. The zero-order chi connectivity index (χ0) is 21.2. The second kappa shape index (κ2) is 7.21. The minimum Gasteiger partial charge on any atom is -0.465 e. The molecule has 1 spiro atoms. The van der Waals surface area contributed by atoms with Crippen LogP contribution in [0.15, 0.2) is 0 Å². The summed E-state index contributed by atoms with van der Waals surface area (Å²) >= 11 is 0. The van der Waals surface area contributed by atoms with Crippen LogP contribution in [0.3, 0.4) is 0 Å². The largest absolute Gasteiger partial charge is 0.465 e. The normalized spacial score (nSPS) is 47.5. The lowest BCUT2D eigenvalue weighted by atomic mass is 9.47. The van der Waals surface area contributed by atoms with Gasteiger partial charge in [-0.15, -0.1) is 0 Å². The van der Waals surface area contributed by atoms with Crippen LogP contribution >= 0.6 is 0 Å². The Morgan fingerprint density at radius 3 is 1.94 bits per heavy atom. The maximum absolute atomic E-state index is 13.0. The van der Waals surface area contributed by atoms with Crippen molar-refractivity contribution in [2.45, 2.75) is 122 Å². The van der Waals surface area contributed by atoms with Gasteiger partial charge in [0.2, 0.25) is 0 Å². The van der Waals surface area contributed by atoms with Crippen LogP contribution in [0.25, 0.3) is 0 Å². The highest BCUT2D eigenvalue weighted by Gasteiger charge is 2.92. The van der Waals surface area contributed by atoms with E-state index in [-0.39, 0.29) is 11.4 Å². The van der Waals surface area contributed by atoms with E-state index in [9.17, 15) is 4.79 Å². The lowest BCUT2D eigenvalue weighted by Crippen LogP contribution is -2.59. The molecular weight excluding hydrogens is 384 g/mol. The third kappa shape index (κ3) is 2.71. The average Bonchev–Trinajstić information content (AvgIpc) is 3.46. The summed E-state index contributed by atoms with van der Waals surface area (Å²) < 4.78 is 5.73. The fourth-order valence-corrected chi connectivity index (χ4v) is 10.9. The van der Waals surface area contributed by atoms with E-state index in [0.29, 0.717) is 28.3 Å². The van der Waals surface area contributed by atoms with E-state index in [0.717, 1.165) is 18.9 Å². The van der Waals surface area contributed by atoms with Gasteiger partial charge in [-0.25, -0.2) is 0 Å². The fraction of sp³-hybridized carbons (Fsp3) is 0.964. The molecule has 0 aromatic carbocycles. The fourth-order valence-electron chi connectivity index (χ4n) is 10.9. The topological polar surface area (TPSA) is 46.5 Å². The van der Waals surface area contributed by atoms with Crippen LogP contribution in [0.1, 0.15) is 122 Å². The Hall–Kier alpha value is -0.570. The molecule has 31 heavy (non-hydrogen) atoms. The highest BCUT2D eigenvalue weighted by atomic mass is 16.5. The van der Waals surface area contributed by atoms with Crippen LogP contribution in [0.4, 0.5) is 0 Å². The van der Waals surface area contributed by atoms with E-state index >= 15 is 0 Å². The molecule has 3 heteroatoms. The minimum atomic E-state index is -0.0414. The van der Waals surface area contributed by atoms with Gasteiger partial charge in [-0.05, 0) is 80.0 Å². The van der Waals surface area contributed by atoms with Crippen molar-refractivity contribution in [1.82, 2.24) is 0 Å². The molecule has 8 saturated carbocycles. The Labute approximate surface area is 189 Å². The molecule has 2 aliphatic heterocycles. The smallest absolute Gasteiger partial charge is 0.312 e. The third-order valence-electron chi connectivity index (χ3n) is 11.5. The van der Waals surface area contributed by atoms with Crippen LogP contribution < -0.4 is 0 Å². The summed E-state index contributed by atoms with van der Waals surface area (Å²) in [6.07, 6.45) is 25.6. The number of aliphatic hydroxyl groups excluding tert-OH is 1. The lowest BCUT2D eigenvalue weighted by Gasteiger charge is -2.57. The van der Waals surface area contributed by atoms with Crippen molar-refractivity contribution in [3.63, 3.8) is 0 Å². The van der Waals surface area contributed by atoms with Gasteiger partial charge in [-0.1, -0.05) is 64.2 Å². The second-order valence-electron chi connectivity index (χ2n) is 13.3. The molecule has 2 unspecified atom stereocenters. The molecule has 4 bridgehead atoms. The number of carbonyl (C=O) groups is 1. The van der Waals surface area contributed by atoms with Crippen LogP contribution in [0.5, 0.6) is 0 Å². The van der Waals surface area contributed by atoms with Crippen molar-refractivity contribution >= 4 is 5.97 Å². The maximum Gasteiger partial charge on any atom is 0.312 e. The summed E-state index contributed by atoms with van der Waals surface area (Å²) in [6, 6.07) is 0. The van der Waals surface area contributed by atoms with Gasteiger partial charge >= 0.3 is 5.97 Å². The Morgan fingerprint density at radius 2 is 1.32 bits per heavy atom. The number of rotatable bonds is 13. The van der Waals surface area contributed by atoms with Crippen LogP contribution in [-0.4, -0.2) is 24.3 Å². The first-order valence-corrected chi connectivity index (χ1v) is 13.8. The molecule has 0 aromatic rings. The average molecular weight is 429 g/mol. The highest BCUT2D eigenvalue weighted by molar-refractivity contribution is 5.83. The summed E-state index contributed by atoms with van der Waals surface area (Å²) in [5.41, 5.74) is 1.89. The zero-order valence-electron chi connectivity index (χ0n) is 19.7. The number of fused-ring (bicyclic) bond motifs is 3. The Bertz CT molecular complexity index is 714. The monoisotopic (exact) mass is 428 g/mol. The molecule has 0 amide bonds. The van der Waals surface area contributed by atoms with Gasteiger partial charge in [0.25, 0.3) is 0 Å². The molecule has 2 atom stereocenters. The number of hydrogen-bond acceptors (Lipinski definition) is 3. The quantitative estimate of drug-likeness (QED) is 0.267. The van der Waals surface area contributed by atoms with Gasteiger partial charge in [0, 0.05) is 12.0 Å². The van der Waals surface area contributed by atoms with Crippen molar-refractivity contribution < 1.29 is 14.6 Å². The molecule has 0 radical (unpaired) electrons. The number of unbranched alkanes of at least 4 members (excludes halogenated alkanes) is 10. The van der Waals surface area contributed by atoms with Gasteiger partial charge in [0.1, 0.15) is 0 Å². The molecule has 1 N–H and O–H groups in total. The van der Waals surface area contributed by atoms with E-state index in [1.165, 1.54) is 116 Å².